The SMILES string of the molecule is NCCCCOc1ccc(CCC(=O)O)cc1. The summed E-state index contributed by atoms with van der Waals surface area (Å²) in [7, 11) is 0. The van der Waals surface area contributed by atoms with Crippen LogP contribution in [0, 0.1) is 0 Å². The fourth-order valence-corrected chi connectivity index (χ4v) is 1.44. The summed E-state index contributed by atoms with van der Waals surface area (Å²) in [6.45, 7) is 1.36. The molecule has 1 aromatic carbocycles. The van der Waals surface area contributed by atoms with Gasteiger partial charge in [-0.2, -0.15) is 0 Å². The molecule has 0 heterocycles. The molecule has 0 saturated heterocycles. The van der Waals surface area contributed by atoms with E-state index in [-0.39, 0.29) is 6.42 Å². The summed E-state index contributed by atoms with van der Waals surface area (Å²) in [5.74, 6) is 0.0493. The fourth-order valence-electron chi connectivity index (χ4n) is 1.44. The number of carbonyl (C=O) groups is 1. The second-order valence-electron chi connectivity index (χ2n) is 3.88. The van der Waals surface area contributed by atoms with Crippen molar-refractivity contribution in [3.05, 3.63) is 29.8 Å². The molecule has 3 N–H and O–H groups in total. The summed E-state index contributed by atoms with van der Waals surface area (Å²) in [6.07, 6.45) is 2.65. The number of unbranched alkanes of at least 4 members (excludes halogenated alkanes) is 1. The smallest absolute Gasteiger partial charge is 0.303 e. The van der Waals surface area contributed by atoms with Crippen LogP contribution in [0.5, 0.6) is 5.75 Å². The molecule has 0 spiro atoms. The van der Waals surface area contributed by atoms with Crippen LogP contribution in [-0.2, 0) is 11.2 Å². The molecular weight excluding hydrogens is 218 g/mol. The molecular formula is C13H19NO3. The van der Waals surface area contributed by atoms with Crippen molar-refractivity contribution in [2.24, 2.45) is 5.73 Å². The Morgan fingerprint density at radius 1 is 1.24 bits per heavy atom. The van der Waals surface area contributed by atoms with Gasteiger partial charge in [0.05, 0.1) is 6.61 Å². The van der Waals surface area contributed by atoms with Gasteiger partial charge in [0.15, 0.2) is 0 Å². The van der Waals surface area contributed by atoms with Gasteiger partial charge >= 0.3 is 5.97 Å². The Kier molecular flexibility index (Phi) is 6.10. The van der Waals surface area contributed by atoms with E-state index in [1.807, 2.05) is 24.3 Å². The molecule has 0 aliphatic rings. The van der Waals surface area contributed by atoms with Gasteiger partial charge in [-0.25, -0.2) is 0 Å². The van der Waals surface area contributed by atoms with Crippen LogP contribution in [0.2, 0.25) is 0 Å². The maximum Gasteiger partial charge on any atom is 0.303 e. The summed E-state index contributed by atoms with van der Waals surface area (Å²) in [4.78, 5) is 10.4. The lowest BCUT2D eigenvalue weighted by molar-refractivity contribution is -0.136. The number of hydrogen-bond donors (Lipinski definition) is 2. The molecule has 0 aromatic heterocycles. The number of rotatable bonds is 8. The van der Waals surface area contributed by atoms with E-state index in [2.05, 4.69) is 0 Å². The van der Waals surface area contributed by atoms with E-state index in [1.165, 1.54) is 0 Å². The van der Waals surface area contributed by atoms with Crippen LogP contribution in [0.25, 0.3) is 0 Å². The molecule has 0 amide bonds. The molecule has 17 heavy (non-hydrogen) atoms. The Balaban J connectivity index is 2.31. The molecule has 0 aliphatic carbocycles. The lowest BCUT2D eigenvalue weighted by Crippen LogP contribution is -2.03. The number of carboxylic acids is 1. The largest absolute Gasteiger partial charge is 0.494 e. The van der Waals surface area contributed by atoms with Gasteiger partial charge in [-0.05, 0) is 43.5 Å². The summed E-state index contributed by atoms with van der Waals surface area (Å²) >= 11 is 0. The van der Waals surface area contributed by atoms with Crippen molar-refractivity contribution in [3.63, 3.8) is 0 Å². The quantitative estimate of drug-likeness (QED) is 0.676. The Morgan fingerprint density at radius 2 is 1.94 bits per heavy atom. The van der Waals surface area contributed by atoms with Crippen molar-refractivity contribution in [2.45, 2.75) is 25.7 Å². The number of nitrogens with two attached hydrogens (primary N) is 1. The number of benzene rings is 1. The van der Waals surface area contributed by atoms with E-state index in [1.54, 1.807) is 0 Å². The number of carboxylic acid groups (broad SMARTS) is 1. The van der Waals surface area contributed by atoms with Gasteiger partial charge < -0.3 is 15.6 Å². The van der Waals surface area contributed by atoms with Crippen LogP contribution >= 0.6 is 0 Å². The van der Waals surface area contributed by atoms with Crippen molar-refractivity contribution in [3.8, 4) is 5.75 Å². The monoisotopic (exact) mass is 237 g/mol. The van der Waals surface area contributed by atoms with Gasteiger partial charge in [-0.15, -0.1) is 0 Å². The summed E-state index contributed by atoms with van der Waals surface area (Å²) in [6, 6.07) is 7.56. The lowest BCUT2D eigenvalue weighted by Gasteiger charge is -2.06. The lowest BCUT2D eigenvalue weighted by atomic mass is 10.1. The first kappa shape index (κ1) is 13.5. The van der Waals surface area contributed by atoms with E-state index in [0.29, 0.717) is 19.6 Å². The van der Waals surface area contributed by atoms with Gasteiger partial charge in [0.1, 0.15) is 5.75 Å². The zero-order valence-corrected chi connectivity index (χ0v) is 9.89. The first-order valence-electron chi connectivity index (χ1n) is 5.86. The molecule has 0 atom stereocenters. The maximum atomic E-state index is 10.4. The number of aryl methyl sites for hydroxylation is 1. The molecule has 4 heteroatoms. The summed E-state index contributed by atoms with van der Waals surface area (Å²) in [5, 5.41) is 8.56. The minimum Gasteiger partial charge on any atom is -0.494 e. The third-order valence-electron chi connectivity index (χ3n) is 2.42. The fraction of sp³-hybridized carbons (Fsp3) is 0.462. The molecule has 4 nitrogen and oxygen atoms in total. The standard InChI is InChI=1S/C13H19NO3/c14-9-1-2-10-17-12-6-3-11(4-7-12)5-8-13(15)16/h3-4,6-7H,1-2,5,8-10,14H2,(H,15,16). The van der Waals surface area contributed by atoms with E-state index in [4.69, 9.17) is 15.6 Å². The van der Waals surface area contributed by atoms with Crippen molar-refractivity contribution in [2.75, 3.05) is 13.2 Å². The first-order valence-corrected chi connectivity index (χ1v) is 5.86. The van der Waals surface area contributed by atoms with Crippen molar-refractivity contribution in [1.29, 1.82) is 0 Å². The van der Waals surface area contributed by atoms with Gasteiger partial charge in [0.2, 0.25) is 0 Å². The van der Waals surface area contributed by atoms with Gasteiger partial charge in [-0.3, -0.25) is 4.79 Å². The molecule has 0 saturated carbocycles. The predicted molar refractivity (Wildman–Crippen MR) is 66.2 cm³/mol. The summed E-state index contributed by atoms with van der Waals surface area (Å²) < 4.78 is 5.52. The second-order valence-corrected chi connectivity index (χ2v) is 3.88. The number of aliphatic carboxylic acids is 1. The van der Waals surface area contributed by atoms with Crippen LogP contribution in [-0.4, -0.2) is 24.2 Å². The minimum atomic E-state index is -0.771. The van der Waals surface area contributed by atoms with Crippen molar-refractivity contribution >= 4 is 5.97 Å². The van der Waals surface area contributed by atoms with Crippen LogP contribution in [0.3, 0.4) is 0 Å². The first-order chi connectivity index (χ1) is 8.22. The highest BCUT2D eigenvalue weighted by Crippen LogP contribution is 2.13. The summed E-state index contributed by atoms with van der Waals surface area (Å²) in [5.41, 5.74) is 6.40. The van der Waals surface area contributed by atoms with E-state index >= 15 is 0 Å². The van der Waals surface area contributed by atoms with Crippen LogP contribution in [0.1, 0.15) is 24.8 Å². The maximum absolute atomic E-state index is 10.4. The highest BCUT2D eigenvalue weighted by Gasteiger charge is 1.99. The van der Waals surface area contributed by atoms with Gasteiger partial charge in [0.25, 0.3) is 0 Å². The topological polar surface area (TPSA) is 72.5 Å². The molecule has 0 fully saturated rings. The molecule has 1 rings (SSSR count). The number of hydrogen-bond acceptors (Lipinski definition) is 3. The Labute approximate surface area is 101 Å². The highest BCUT2D eigenvalue weighted by molar-refractivity contribution is 5.67. The zero-order valence-electron chi connectivity index (χ0n) is 9.89. The number of ether oxygens (including phenoxy) is 1. The molecule has 0 unspecified atom stereocenters. The van der Waals surface area contributed by atoms with Crippen molar-refractivity contribution < 1.29 is 14.6 Å². The van der Waals surface area contributed by atoms with Gasteiger partial charge in [0, 0.05) is 6.42 Å². The Morgan fingerprint density at radius 3 is 2.53 bits per heavy atom. The average molecular weight is 237 g/mol. The van der Waals surface area contributed by atoms with Crippen LogP contribution in [0.15, 0.2) is 24.3 Å². The van der Waals surface area contributed by atoms with E-state index in [9.17, 15) is 4.79 Å². The Bertz CT molecular complexity index is 335. The van der Waals surface area contributed by atoms with E-state index in [0.717, 1.165) is 24.2 Å². The van der Waals surface area contributed by atoms with E-state index < -0.39 is 5.97 Å². The third-order valence-corrected chi connectivity index (χ3v) is 2.42. The third kappa shape index (κ3) is 5.92. The second kappa shape index (κ2) is 7.68. The van der Waals surface area contributed by atoms with Crippen LogP contribution in [0.4, 0.5) is 0 Å². The molecule has 1 aromatic rings. The normalized spacial score (nSPS) is 10.2. The van der Waals surface area contributed by atoms with Crippen LogP contribution < -0.4 is 10.5 Å². The van der Waals surface area contributed by atoms with Gasteiger partial charge in [-0.1, -0.05) is 12.1 Å². The predicted octanol–water partition coefficient (Wildman–Crippen LogP) is 1.82. The average Bonchev–Trinajstić information content (AvgIpc) is 2.33. The molecule has 0 radical (unpaired) electrons. The molecule has 94 valence electrons. The van der Waals surface area contributed by atoms with Crippen molar-refractivity contribution in [1.82, 2.24) is 0 Å². The highest BCUT2D eigenvalue weighted by atomic mass is 16.5. The minimum absolute atomic E-state index is 0.163. The Hall–Kier alpha value is -1.55. The molecule has 0 aliphatic heterocycles. The molecule has 0 bridgehead atoms. The zero-order chi connectivity index (χ0) is 12.5.